The van der Waals surface area contributed by atoms with Gasteiger partial charge in [0.2, 0.25) is 5.91 Å². The molecule has 3 aliphatic heterocycles. The summed E-state index contributed by atoms with van der Waals surface area (Å²) in [6.07, 6.45) is 6.57. The minimum absolute atomic E-state index is 0. The maximum absolute atomic E-state index is 12.2. The Morgan fingerprint density at radius 3 is 2.90 bits per heavy atom. The summed E-state index contributed by atoms with van der Waals surface area (Å²) < 4.78 is 11.1. The summed E-state index contributed by atoms with van der Waals surface area (Å²) in [6, 6.07) is 1.15. The van der Waals surface area contributed by atoms with Crippen molar-refractivity contribution in [2.45, 2.75) is 56.7 Å². The van der Waals surface area contributed by atoms with E-state index in [4.69, 9.17) is 9.47 Å². The molecule has 3 rings (SSSR count). The standard InChI is InChI=1S/C15H26N2O3.ClH/c18-15(6-9-19-11-14-2-1-8-20-14)17-7-5-12-3-4-13(10-17)16-12;/h12-14,16H,1-11H2;1H. The monoisotopic (exact) mass is 318 g/mol. The molecule has 3 heterocycles. The van der Waals surface area contributed by atoms with E-state index in [0.29, 0.717) is 31.7 Å². The van der Waals surface area contributed by atoms with Crippen LogP contribution in [0.15, 0.2) is 0 Å². The van der Waals surface area contributed by atoms with Crippen molar-refractivity contribution in [1.29, 1.82) is 0 Å². The molecule has 3 fully saturated rings. The number of fused-ring (bicyclic) bond motifs is 2. The van der Waals surface area contributed by atoms with Gasteiger partial charge in [0.15, 0.2) is 0 Å². The lowest BCUT2D eigenvalue weighted by atomic mass is 10.1. The average molecular weight is 319 g/mol. The summed E-state index contributed by atoms with van der Waals surface area (Å²) in [7, 11) is 0. The molecule has 0 aliphatic carbocycles. The lowest BCUT2D eigenvalue weighted by Gasteiger charge is -2.24. The number of halogens is 1. The summed E-state index contributed by atoms with van der Waals surface area (Å²) >= 11 is 0. The number of nitrogens with zero attached hydrogens (tertiary/aromatic N) is 1. The molecule has 0 aromatic rings. The first-order chi connectivity index (χ1) is 9.81. The highest BCUT2D eigenvalue weighted by atomic mass is 35.5. The van der Waals surface area contributed by atoms with Crippen LogP contribution < -0.4 is 5.32 Å². The number of rotatable bonds is 5. The Kier molecular flexibility index (Phi) is 6.74. The fourth-order valence-corrected chi connectivity index (χ4v) is 3.48. The maximum atomic E-state index is 12.2. The minimum atomic E-state index is 0. The van der Waals surface area contributed by atoms with Gasteiger partial charge in [-0.05, 0) is 32.1 Å². The van der Waals surface area contributed by atoms with E-state index in [1.165, 1.54) is 12.8 Å². The third-order valence-corrected chi connectivity index (χ3v) is 4.66. The number of hydrogen-bond donors (Lipinski definition) is 1. The van der Waals surface area contributed by atoms with Gasteiger partial charge in [-0.1, -0.05) is 0 Å². The topological polar surface area (TPSA) is 50.8 Å². The van der Waals surface area contributed by atoms with Crippen LogP contribution in [0.1, 0.15) is 38.5 Å². The van der Waals surface area contributed by atoms with Crippen LogP contribution >= 0.6 is 12.4 Å². The first kappa shape index (κ1) is 17.0. The summed E-state index contributed by atoms with van der Waals surface area (Å²) in [5, 5.41) is 3.60. The fraction of sp³-hybridized carbons (Fsp3) is 0.933. The van der Waals surface area contributed by atoms with Crippen molar-refractivity contribution < 1.29 is 14.3 Å². The van der Waals surface area contributed by atoms with Crippen molar-refractivity contribution in [2.24, 2.45) is 0 Å². The van der Waals surface area contributed by atoms with E-state index in [0.717, 1.165) is 39.0 Å². The molecule has 6 heteroatoms. The van der Waals surface area contributed by atoms with Gasteiger partial charge in [-0.3, -0.25) is 4.79 Å². The van der Waals surface area contributed by atoms with Crippen molar-refractivity contribution in [3.63, 3.8) is 0 Å². The van der Waals surface area contributed by atoms with E-state index in [1.54, 1.807) is 0 Å². The summed E-state index contributed by atoms with van der Waals surface area (Å²) in [5.74, 6) is 0.242. The fourth-order valence-electron chi connectivity index (χ4n) is 3.48. The third-order valence-electron chi connectivity index (χ3n) is 4.66. The predicted octanol–water partition coefficient (Wildman–Crippen LogP) is 1.35. The van der Waals surface area contributed by atoms with Crippen molar-refractivity contribution in [2.75, 3.05) is 32.9 Å². The molecule has 0 saturated carbocycles. The lowest BCUT2D eigenvalue weighted by molar-refractivity contribution is -0.132. The number of likely N-dealkylation sites (tertiary alicyclic amines) is 1. The van der Waals surface area contributed by atoms with E-state index in [1.807, 2.05) is 4.90 Å². The van der Waals surface area contributed by atoms with Crippen molar-refractivity contribution >= 4 is 18.3 Å². The molecule has 0 radical (unpaired) electrons. The molecule has 0 spiro atoms. The van der Waals surface area contributed by atoms with Crippen molar-refractivity contribution in [3.05, 3.63) is 0 Å². The van der Waals surface area contributed by atoms with Crippen LogP contribution in [-0.4, -0.2) is 61.9 Å². The number of carbonyl (C=O) groups excluding carboxylic acids is 1. The second kappa shape index (κ2) is 8.32. The van der Waals surface area contributed by atoms with E-state index < -0.39 is 0 Å². The van der Waals surface area contributed by atoms with Crippen LogP contribution in [0.25, 0.3) is 0 Å². The molecule has 3 saturated heterocycles. The van der Waals surface area contributed by atoms with Crippen LogP contribution in [0.3, 0.4) is 0 Å². The Morgan fingerprint density at radius 1 is 1.24 bits per heavy atom. The van der Waals surface area contributed by atoms with Crippen LogP contribution in [0.2, 0.25) is 0 Å². The smallest absolute Gasteiger partial charge is 0.224 e. The summed E-state index contributed by atoms with van der Waals surface area (Å²) in [6.45, 7) is 3.80. The Hall–Kier alpha value is -0.360. The zero-order valence-electron chi connectivity index (χ0n) is 12.6. The number of carbonyl (C=O) groups is 1. The molecule has 21 heavy (non-hydrogen) atoms. The lowest BCUT2D eigenvalue weighted by Crippen LogP contribution is -2.39. The van der Waals surface area contributed by atoms with Crippen LogP contribution in [0, 0.1) is 0 Å². The number of hydrogen-bond acceptors (Lipinski definition) is 4. The number of nitrogens with one attached hydrogen (secondary N) is 1. The SMILES string of the molecule is Cl.O=C(CCOCC1CCCO1)N1CCC2CCC(C1)N2. The average Bonchev–Trinajstić information content (AvgIpc) is 3.04. The molecule has 3 unspecified atom stereocenters. The first-order valence-electron chi connectivity index (χ1n) is 8.04. The zero-order valence-corrected chi connectivity index (χ0v) is 13.4. The molecule has 2 bridgehead atoms. The summed E-state index contributed by atoms with van der Waals surface area (Å²) in [4.78, 5) is 14.2. The molecule has 0 aromatic carbocycles. The number of amides is 1. The van der Waals surface area contributed by atoms with Crippen molar-refractivity contribution in [3.8, 4) is 0 Å². The second-order valence-electron chi connectivity index (χ2n) is 6.23. The second-order valence-corrected chi connectivity index (χ2v) is 6.23. The molecule has 1 amide bonds. The first-order valence-corrected chi connectivity index (χ1v) is 8.04. The molecule has 3 atom stereocenters. The molecule has 1 N–H and O–H groups in total. The highest BCUT2D eigenvalue weighted by Crippen LogP contribution is 2.20. The van der Waals surface area contributed by atoms with E-state index >= 15 is 0 Å². The number of ether oxygens (including phenoxy) is 2. The van der Waals surface area contributed by atoms with Gasteiger partial charge in [-0.25, -0.2) is 0 Å². The molecule has 0 aromatic heterocycles. The third kappa shape index (κ3) is 4.81. The largest absolute Gasteiger partial charge is 0.378 e. The van der Waals surface area contributed by atoms with Crippen LogP contribution in [-0.2, 0) is 14.3 Å². The zero-order chi connectivity index (χ0) is 13.8. The van der Waals surface area contributed by atoms with Gasteiger partial charge in [0.25, 0.3) is 0 Å². The Labute approximate surface area is 133 Å². The highest BCUT2D eigenvalue weighted by molar-refractivity contribution is 5.85. The van der Waals surface area contributed by atoms with Gasteiger partial charge in [0.05, 0.1) is 25.7 Å². The Morgan fingerprint density at radius 2 is 2.10 bits per heavy atom. The summed E-state index contributed by atoms with van der Waals surface area (Å²) in [5.41, 5.74) is 0. The van der Waals surface area contributed by atoms with Gasteiger partial charge < -0.3 is 19.7 Å². The quantitative estimate of drug-likeness (QED) is 0.777. The van der Waals surface area contributed by atoms with Gasteiger partial charge in [-0.2, -0.15) is 0 Å². The molecular formula is C15H27ClN2O3. The highest BCUT2D eigenvalue weighted by Gasteiger charge is 2.30. The van der Waals surface area contributed by atoms with E-state index in [2.05, 4.69) is 5.32 Å². The van der Waals surface area contributed by atoms with Crippen molar-refractivity contribution in [1.82, 2.24) is 10.2 Å². The molecule has 5 nitrogen and oxygen atoms in total. The Balaban J connectivity index is 0.00000161. The van der Waals surface area contributed by atoms with E-state index in [-0.39, 0.29) is 24.4 Å². The predicted molar refractivity (Wildman–Crippen MR) is 82.8 cm³/mol. The molecule has 3 aliphatic rings. The van der Waals surface area contributed by atoms with Gasteiger partial charge >= 0.3 is 0 Å². The van der Waals surface area contributed by atoms with Crippen LogP contribution in [0.4, 0.5) is 0 Å². The molecule has 122 valence electrons. The van der Waals surface area contributed by atoms with Crippen LogP contribution in [0.5, 0.6) is 0 Å². The van der Waals surface area contributed by atoms with Gasteiger partial charge in [0.1, 0.15) is 0 Å². The normalized spacial score (nSPS) is 31.8. The molecular weight excluding hydrogens is 292 g/mol. The van der Waals surface area contributed by atoms with Gasteiger partial charge in [-0.15, -0.1) is 12.4 Å². The Bertz CT molecular complexity index is 337. The minimum Gasteiger partial charge on any atom is -0.378 e. The van der Waals surface area contributed by atoms with E-state index in [9.17, 15) is 4.79 Å². The van der Waals surface area contributed by atoms with Gasteiger partial charge in [0, 0.05) is 31.8 Å². The maximum Gasteiger partial charge on any atom is 0.224 e.